The molecule has 0 bridgehead atoms. The third-order valence-electron chi connectivity index (χ3n) is 3.77. The van der Waals surface area contributed by atoms with Gasteiger partial charge in [0.25, 0.3) is 0 Å². The second kappa shape index (κ2) is 6.12. The van der Waals surface area contributed by atoms with Crippen LogP contribution in [-0.2, 0) is 6.42 Å². The molecule has 0 fully saturated rings. The van der Waals surface area contributed by atoms with Crippen LogP contribution in [0.3, 0.4) is 0 Å². The van der Waals surface area contributed by atoms with E-state index in [9.17, 15) is 4.79 Å². The maximum absolute atomic E-state index is 12.7. The van der Waals surface area contributed by atoms with Gasteiger partial charge in [0.05, 0.1) is 17.5 Å². The van der Waals surface area contributed by atoms with Crippen LogP contribution in [0.2, 0.25) is 0 Å². The zero-order valence-electron chi connectivity index (χ0n) is 12.5. The molecule has 1 unspecified atom stereocenters. The van der Waals surface area contributed by atoms with E-state index in [-0.39, 0.29) is 11.8 Å². The SMILES string of the molecule is CCC(N)Cc1nc2ccccc2cc1C(=O)c1ccco1. The molecule has 4 heteroatoms. The van der Waals surface area contributed by atoms with Crippen molar-refractivity contribution < 1.29 is 9.21 Å². The van der Waals surface area contributed by atoms with Gasteiger partial charge >= 0.3 is 0 Å². The van der Waals surface area contributed by atoms with Crippen LogP contribution in [0.1, 0.15) is 35.2 Å². The summed E-state index contributed by atoms with van der Waals surface area (Å²) in [6.45, 7) is 2.03. The first kappa shape index (κ1) is 14.5. The quantitative estimate of drug-likeness (QED) is 0.733. The number of fused-ring (bicyclic) bond motifs is 1. The van der Waals surface area contributed by atoms with Gasteiger partial charge in [0.2, 0.25) is 5.78 Å². The zero-order chi connectivity index (χ0) is 15.5. The Morgan fingerprint density at radius 3 is 2.82 bits per heavy atom. The van der Waals surface area contributed by atoms with E-state index < -0.39 is 0 Å². The van der Waals surface area contributed by atoms with Crippen molar-refractivity contribution in [1.29, 1.82) is 0 Å². The molecule has 0 radical (unpaired) electrons. The van der Waals surface area contributed by atoms with E-state index in [1.54, 1.807) is 12.1 Å². The van der Waals surface area contributed by atoms with Crippen LogP contribution < -0.4 is 5.73 Å². The highest BCUT2D eigenvalue weighted by Crippen LogP contribution is 2.21. The van der Waals surface area contributed by atoms with Gasteiger partial charge in [0.1, 0.15) is 0 Å². The number of pyridine rings is 1. The Balaban J connectivity index is 2.12. The molecule has 2 aromatic heterocycles. The van der Waals surface area contributed by atoms with Crippen molar-refractivity contribution in [3.63, 3.8) is 0 Å². The van der Waals surface area contributed by atoms with E-state index in [0.717, 1.165) is 23.0 Å². The van der Waals surface area contributed by atoms with Gasteiger partial charge in [-0.2, -0.15) is 0 Å². The lowest BCUT2D eigenvalue weighted by Crippen LogP contribution is -2.23. The summed E-state index contributed by atoms with van der Waals surface area (Å²) in [5.74, 6) is 0.171. The monoisotopic (exact) mass is 294 g/mol. The molecule has 3 rings (SSSR count). The third kappa shape index (κ3) is 2.78. The van der Waals surface area contributed by atoms with Gasteiger partial charge in [-0.1, -0.05) is 25.1 Å². The van der Waals surface area contributed by atoms with Crippen molar-refractivity contribution in [1.82, 2.24) is 4.98 Å². The third-order valence-corrected chi connectivity index (χ3v) is 3.77. The summed E-state index contributed by atoms with van der Waals surface area (Å²) >= 11 is 0. The molecule has 0 aliphatic rings. The van der Waals surface area contributed by atoms with Crippen molar-refractivity contribution in [3.8, 4) is 0 Å². The highest BCUT2D eigenvalue weighted by Gasteiger charge is 2.19. The molecule has 2 heterocycles. The van der Waals surface area contributed by atoms with Gasteiger partial charge in [0.15, 0.2) is 5.76 Å². The first-order valence-electron chi connectivity index (χ1n) is 7.41. The second-order valence-electron chi connectivity index (χ2n) is 5.35. The Morgan fingerprint density at radius 1 is 1.27 bits per heavy atom. The number of benzene rings is 1. The smallest absolute Gasteiger partial charge is 0.230 e. The Bertz CT molecular complexity index is 794. The molecule has 0 aliphatic carbocycles. The average Bonchev–Trinajstić information content (AvgIpc) is 3.08. The summed E-state index contributed by atoms with van der Waals surface area (Å²) in [5.41, 5.74) is 8.23. The molecule has 0 saturated heterocycles. The fourth-order valence-corrected chi connectivity index (χ4v) is 2.44. The molecule has 22 heavy (non-hydrogen) atoms. The summed E-state index contributed by atoms with van der Waals surface area (Å²) in [6, 6.07) is 13.0. The summed E-state index contributed by atoms with van der Waals surface area (Å²) in [6.07, 6.45) is 2.91. The molecule has 0 saturated carbocycles. The van der Waals surface area contributed by atoms with Crippen molar-refractivity contribution in [2.45, 2.75) is 25.8 Å². The largest absolute Gasteiger partial charge is 0.461 e. The number of hydrogen-bond donors (Lipinski definition) is 1. The first-order chi connectivity index (χ1) is 10.7. The molecule has 1 atom stereocenters. The topological polar surface area (TPSA) is 69.1 Å². The summed E-state index contributed by atoms with van der Waals surface area (Å²) < 4.78 is 5.24. The van der Waals surface area contributed by atoms with Gasteiger partial charge in [-0.3, -0.25) is 9.78 Å². The van der Waals surface area contributed by atoms with E-state index in [1.807, 2.05) is 37.3 Å². The van der Waals surface area contributed by atoms with E-state index in [2.05, 4.69) is 4.98 Å². The van der Waals surface area contributed by atoms with Gasteiger partial charge in [-0.25, -0.2) is 0 Å². The van der Waals surface area contributed by atoms with Crippen LogP contribution in [0.4, 0.5) is 0 Å². The first-order valence-corrected chi connectivity index (χ1v) is 7.41. The highest BCUT2D eigenvalue weighted by atomic mass is 16.3. The van der Waals surface area contributed by atoms with Crippen molar-refractivity contribution >= 4 is 16.7 Å². The number of ketones is 1. The molecule has 112 valence electrons. The molecule has 4 nitrogen and oxygen atoms in total. The number of hydrogen-bond acceptors (Lipinski definition) is 4. The lowest BCUT2D eigenvalue weighted by molar-refractivity contribution is 0.101. The van der Waals surface area contributed by atoms with Crippen molar-refractivity contribution in [2.75, 3.05) is 0 Å². The van der Waals surface area contributed by atoms with Crippen molar-refractivity contribution in [3.05, 3.63) is 65.7 Å². The summed E-state index contributed by atoms with van der Waals surface area (Å²) in [4.78, 5) is 17.3. The van der Waals surface area contributed by atoms with Crippen LogP contribution in [0, 0.1) is 0 Å². The molecule has 2 N–H and O–H groups in total. The molecule has 0 spiro atoms. The Labute approximate surface area is 129 Å². The number of furan rings is 1. The normalized spacial score (nSPS) is 12.5. The Morgan fingerprint density at radius 2 is 2.09 bits per heavy atom. The van der Waals surface area contributed by atoms with Crippen LogP contribution in [0.25, 0.3) is 10.9 Å². The fourth-order valence-electron chi connectivity index (χ4n) is 2.44. The maximum Gasteiger partial charge on any atom is 0.230 e. The van der Waals surface area contributed by atoms with Gasteiger partial charge in [-0.15, -0.1) is 0 Å². The molecule has 0 aliphatic heterocycles. The minimum atomic E-state index is -0.151. The maximum atomic E-state index is 12.7. The van der Waals surface area contributed by atoms with Crippen LogP contribution in [-0.4, -0.2) is 16.8 Å². The van der Waals surface area contributed by atoms with Crippen LogP contribution in [0.5, 0.6) is 0 Å². The number of carbonyl (C=O) groups excluding carboxylic acids is 1. The highest BCUT2D eigenvalue weighted by molar-refractivity contribution is 6.09. The van der Waals surface area contributed by atoms with Crippen LogP contribution in [0.15, 0.2) is 53.1 Å². The van der Waals surface area contributed by atoms with E-state index in [4.69, 9.17) is 10.2 Å². The Kier molecular flexibility index (Phi) is 4.02. The van der Waals surface area contributed by atoms with Gasteiger partial charge in [-0.05, 0) is 30.7 Å². The number of rotatable bonds is 5. The molecular weight excluding hydrogens is 276 g/mol. The van der Waals surface area contributed by atoms with Crippen LogP contribution >= 0.6 is 0 Å². The van der Waals surface area contributed by atoms with Gasteiger partial charge < -0.3 is 10.2 Å². The van der Waals surface area contributed by atoms with E-state index in [1.165, 1.54) is 6.26 Å². The lowest BCUT2D eigenvalue weighted by atomic mass is 9.99. The molecule has 1 aromatic carbocycles. The zero-order valence-corrected chi connectivity index (χ0v) is 12.5. The number of nitrogens with zero attached hydrogens (tertiary/aromatic N) is 1. The summed E-state index contributed by atoms with van der Waals surface area (Å²) in [5, 5.41) is 0.936. The molecule has 0 amide bonds. The van der Waals surface area contributed by atoms with Gasteiger partial charge in [0, 0.05) is 23.4 Å². The number of carbonyl (C=O) groups is 1. The second-order valence-corrected chi connectivity index (χ2v) is 5.35. The molecule has 3 aromatic rings. The summed E-state index contributed by atoms with van der Waals surface area (Å²) in [7, 11) is 0. The average molecular weight is 294 g/mol. The standard InChI is InChI=1S/C18H18N2O2/c1-2-13(19)11-16-14(18(21)17-8-5-9-22-17)10-12-6-3-4-7-15(12)20-16/h3-10,13H,2,11,19H2,1H3. The molecular formula is C18H18N2O2. The number of aromatic nitrogens is 1. The Hall–Kier alpha value is -2.46. The minimum Gasteiger partial charge on any atom is -0.461 e. The fraction of sp³-hybridized carbons (Fsp3) is 0.222. The van der Waals surface area contributed by atoms with E-state index in [0.29, 0.717) is 17.7 Å². The lowest BCUT2D eigenvalue weighted by Gasteiger charge is -2.12. The predicted octanol–water partition coefficient (Wildman–Crippen LogP) is 3.34. The van der Waals surface area contributed by atoms with E-state index >= 15 is 0 Å². The number of nitrogens with two attached hydrogens (primary N) is 1. The predicted molar refractivity (Wildman–Crippen MR) is 85.9 cm³/mol. The van der Waals surface area contributed by atoms with Crippen molar-refractivity contribution in [2.24, 2.45) is 5.73 Å². The number of para-hydroxylation sites is 1. The minimum absolute atomic E-state index is 0.0168.